The molecule has 1 N–H and O–H groups in total. The lowest BCUT2D eigenvalue weighted by molar-refractivity contribution is 0.107. The van der Waals surface area contributed by atoms with Gasteiger partial charge >= 0.3 is 6.01 Å². The average Bonchev–Trinajstić information content (AvgIpc) is 3.44. The van der Waals surface area contributed by atoms with Crippen molar-refractivity contribution in [1.29, 1.82) is 0 Å². The molecule has 2 aromatic carbocycles. The summed E-state index contributed by atoms with van der Waals surface area (Å²) in [5.74, 6) is 1.22. The highest BCUT2D eigenvalue weighted by molar-refractivity contribution is 6.03. The quantitative estimate of drug-likeness (QED) is 0.305. The van der Waals surface area contributed by atoms with E-state index in [0.29, 0.717) is 49.3 Å². The van der Waals surface area contributed by atoms with Crippen LogP contribution in [0.5, 0.6) is 11.8 Å². The van der Waals surface area contributed by atoms with E-state index in [2.05, 4.69) is 20.8 Å². The number of aromatic nitrogens is 3. The molecule has 44 heavy (non-hydrogen) atoms. The third kappa shape index (κ3) is 4.77. The lowest BCUT2D eigenvalue weighted by atomic mass is 9.95. The molecule has 2 unspecified atom stereocenters. The summed E-state index contributed by atoms with van der Waals surface area (Å²) in [7, 11) is 0. The second-order valence-electron chi connectivity index (χ2n) is 12.0. The number of hydrogen-bond acceptors (Lipinski definition) is 8. The Balaban J connectivity index is 1.39. The monoisotopic (exact) mass is 603 g/mol. The molecule has 0 amide bonds. The smallest absolute Gasteiger partial charge is 0.319 e. The molecule has 3 aliphatic rings. The average molecular weight is 604 g/mol. The van der Waals surface area contributed by atoms with Crippen LogP contribution in [-0.4, -0.2) is 82.2 Å². The number of rotatable bonds is 5. The molecule has 3 fully saturated rings. The van der Waals surface area contributed by atoms with Gasteiger partial charge in [-0.2, -0.15) is 9.97 Å². The highest BCUT2D eigenvalue weighted by Gasteiger charge is 2.49. The molecule has 3 atom stereocenters. The van der Waals surface area contributed by atoms with E-state index in [1.54, 1.807) is 0 Å². The van der Waals surface area contributed by atoms with Crippen molar-refractivity contribution >= 4 is 27.5 Å². The minimum atomic E-state index is -0.925. The van der Waals surface area contributed by atoms with Crippen molar-refractivity contribution in [3.63, 3.8) is 0 Å². The van der Waals surface area contributed by atoms with E-state index >= 15 is 4.39 Å². The molecule has 8 nitrogen and oxygen atoms in total. The van der Waals surface area contributed by atoms with Gasteiger partial charge < -0.3 is 19.5 Å². The standard InChI is InChI=1S/C33H32F3N5O3/c1-3-23-26(35)6-5-20-13-22(42)14-24(27(20)23)29-28(36)30-25(16-37-29)31(41-10-12-43-11-7-19(41)2)39-32(38-30)44-18-33-8-4-9-40(33)17-21(34)15-33/h1,5-6,13-14,16,19,21,42H,4,7-12,15,17-18H2,2H3/t19?,21?,33-/m0/s1. The third-order valence-electron chi connectivity index (χ3n) is 9.29. The normalized spacial score (nSPS) is 24.0. The zero-order valence-corrected chi connectivity index (χ0v) is 24.3. The number of ether oxygens (including phenoxy) is 2. The van der Waals surface area contributed by atoms with Gasteiger partial charge in [0, 0.05) is 49.3 Å². The van der Waals surface area contributed by atoms with Crippen LogP contribution < -0.4 is 9.64 Å². The first-order valence-electron chi connectivity index (χ1n) is 14.9. The first kappa shape index (κ1) is 28.6. The van der Waals surface area contributed by atoms with E-state index in [0.717, 1.165) is 25.8 Å². The molecular formula is C33H32F3N5O3. The maximum Gasteiger partial charge on any atom is 0.319 e. The number of aromatic hydroxyl groups is 1. The lowest BCUT2D eigenvalue weighted by Gasteiger charge is -2.31. The molecule has 0 radical (unpaired) electrons. The number of terminal acetylenes is 1. The lowest BCUT2D eigenvalue weighted by Crippen LogP contribution is -2.43. The predicted octanol–water partition coefficient (Wildman–Crippen LogP) is 5.38. The Labute approximate surface area is 252 Å². The SMILES string of the molecule is C#Cc1c(F)ccc2cc(O)cc(-c3ncc4c(N5CCOCCC5C)nc(OC[C@@]56CCCN5CC(F)C6)nc4c3F)c12. The number of pyridine rings is 1. The number of phenols is 1. The molecule has 228 valence electrons. The van der Waals surface area contributed by atoms with Crippen molar-refractivity contribution in [2.45, 2.75) is 50.4 Å². The Kier molecular flexibility index (Phi) is 7.22. The number of nitrogens with zero attached hydrogens (tertiary/aromatic N) is 5. The Morgan fingerprint density at radius 1 is 1.20 bits per heavy atom. The van der Waals surface area contributed by atoms with E-state index < -0.39 is 23.3 Å². The summed E-state index contributed by atoms with van der Waals surface area (Å²) in [6.45, 7) is 4.97. The minimum Gasteiger partial charge on any atom is -0.508 e. The fraction of sp³-hybridized carbons (Fsp3) is 0.424. The van der Waals surface area contributed by atoms with Gasteiger partial charge in [0.1, 0.15) is 41.4 Å². The van der Waals surface area contributed by atoms with Crippen molar-refractivity contribution in [2.75, 3.05) is 44.4 Å². The Hall–Kier alpha value is -4.14. The molecule has 3 saturated heterocycles. The fourth-order valence-corrected chi connectivity index (χ4v) is 7.10. The Bertz CT molecular complexity index is 1810. The van der Waals surface area contributed by atoms with E-state index in [9.17, 15) is 13.9 Å². The van der Waals surface area contributed by atoms with Gasteiger partial charge in [-0.25, -0.2) is 13.2 Å². The number of benzene rings is 2. The zero-order chi connectivity index (χ0) is 30.6. The molecule has 3 aliphatic heterocycles. The number of alkyl halides is 1. The number of phenolic OH excluding ortho intramolecular Hbond substituents is 1. The largest absolute Gasteiger partial charge is 0.508 e. The second kappa shape index (κ2) is 11.1. The van der Waals surface area contributed by atoms with Crippen molar-refractivity contribution < 1.29 is 27.8 Å². The maximum absolute atomic E-state index is 16.7. The fourth-order valence-electron chi connectivity index (χ4n) is 7.10. The summed E-state index contributed by atoms with van der Waals surface area (Å²) >= 11 is 0. The van der Waals surface area contributed by atoms with Gasteiger partial charge in [-0.1, -0.05) is 12.0 Å². The third-order valence-corrected chi connectivity index (χ3v) is 9.29. The maximum atomic E-state index is 16.7. The molecular weight excluding hydrogens is 571 g/mol. The second-order valence-corrected chi connectivity index (χ2v) is 12.0. The van der Waals surface area contributed by atoms with Crippen LogP contribution >= 0.6 is 0 Å². The highest BCUT2D eigenvalue weighted by Crippen LogP contribution is 2.42. The molecule has 0 bridgehead atoms. The summed E-state index contributed by atoms with van der Waals surface area (Å²) in [5.41, 5.74) is -0.572. The van der Waals surface area contributed by atoms with E-state index in [-0.39, 0.29) is 52.1 Å². The predicted molar refractivity (Wildman–Crippen MR) is 161 cm³/mol. The van der Waals surface area contributed by atoms with Crippen molar-refractivity contribution in [3.8, 4) is 35.4 Å². The minimum absolute atomic E-state index is 0.0217. The molecule has 11 heteroatoms. The number of hydrogen-bond donors (Lipinski definition) is 1. The van der Waals surface area contributed by atoms with Crippen molar-refractivity contribution in [1.82, 2.24) is 19.9 Å². The van der Waals surface area contributed by atoms with Gasteiger partial charge in [-0.3, -0.25) is 9.88 Å². The molecule has 4 aromatic rings. The molecule has 5 heterocycles. The Morgan fingerprint density at radius 3 is 2.91 bits per heavy atom. The Morgan fingerprint density at radius 2 is 2.07 bits per heavy atom. The van der Waals surface area contributed by atoms with Crippen LogP contribution in [0.25, 0.3) is 32.9 Å². The summed E-state index contributed by atoms with van der Waals surface area (Å²) in [5, 5.41) is 11.6. The van der Waals surface area contributed by atoms with Gasteiger partial charge in [0.25, 0.3) is 0 Å². The number of anilines is 1. The van der Waals surface area contributed by atoms with Gasteiger partial charge in [0.2, 0.25) is 0 Å². The van der Waals surface area contributed by atoms with E-state index in [4.69, 9.17) is 20.9 Å². The zero-order valence-electron chi connectivity index (χ0n) is 24.3. The van der Waals surface area contributed by atoms with Crippen LogP contribution in [0.3, 0.4) is 0 Å². The van der Waals surface area contributed by atoms with Crippen LogP contribution in [0.1, 0.15) is 38.2 Å². The summed E-state index contributed by atoms with van der Waals surface area (Å²) in [4.78, 5) is 17.9. The van der Waals surface area contributed by atoms with Crippen molar-refractivity contribution in [2.24, 2.45) is 0 Å². The molecule has 2 aromatic heterocycles. The topological polar surface area (TPSA) is 83.8 Å². The van der Waals surface area contributed by atoms with Crippen LogP contribution in [0.4, 0.5) is 19.0 Å². The van der Waals surface area contributed by atoms with Gasteiger partial charge in [-0.15, -0.1) is 6.42 Å². The summed E-state index contributed by atoms with van der Waals surface area (Å²) in [6.07, 6.45) is 9.08. The van der Waals surface area contributed by atoms with E-state index in [1.807, 2.05) is 11.8 Å². The van der Waals surface area contributed by atoms with E-state index in [1.165, 1.54) is 30.5 Å². The molecule has 0 spiro atoms. The van der Waals surface area contributed by atoms with Gasteiger partial charge in [0.15, 0.2) is 5.82 Å². The van der Waals surface area contributed by atoms with Gasteiger partial charge in [0.05, 0.1) is 23.1 Å². The van der Waals surface area contributed by atoms with Crippen LogP contribution in [0.2, 0.25) is 0 Å². The molecule has 0 aliphatic carbocycles. The van der Waals surface area contributed by atoms with Crippen LogP contribution in [-0.2, 0) is 4.74 Å². The molecule has 7 rings (SSSR count). The van der Waals surface area contributed by atoms with Crippen LogP contribution in [0, 0.1) is 24.0 Å². The van der Waals surface area contributed by atoms with Crippen molar-refractivity contribution in [3.05, 3.63) is 47.7 Å². The first-order valence-corrected chi connectivity index (χ1v) is 14.9. The number of halogens is 3. The number of fused-ring (bicyclic) bond motifs is 3. The first-order chi connectivity index (χ1) is 21.3. The van der Waals surface area contributed by atoms with Gasteiger partial charge in [-0.05, 0) is 56.3 Å². The van der Waals surface area contributed by atoms with Crippen LogP contribution in [0.15, 0.2) is 30.5 Å². The summed E-state index contributed by atoms with van der Waals surface area (Å²) in [6, 6.07) is 5.42. The molecule has 0 saturated carbocycles. The highest BCUT2D eigenvalue weighted by atomic mass is 19.1. The summed E-state index contributed by atoms with van der Waals surface area (Å²) < 4.78 is 57.8.